The number of urea groups is 1. The Labute approximate surface area is 173 Å². The number of guanidine groups is 1. The molecule has 1 aromatic carbocycles. The lowest BCUT2D eigenvalue weighted by Crippen LogP contribution is -2.43. The van der Waals surface area contributed by atoms with Crippen LogP contribution in [0, 0.1) is 0 Å². The van der Waals surface area contributed by atoms with Crippen molar-refractivity contribution in [3.8, 4) is 0 Å². The monoisotopic (exact) mass is 475 g/mol. The first kappa shape index (κ1) is 22.5. The zero-order valence-electron chi connectivity index (χ0n) is 15.7. The molecule has 1 fully saturated rings. The summed E-state index contributed by atoms with van der Waals surface area (Å²) in [5, 5.41) is 9.50. The van der Waals surface area contributed by atoms with Gasteiger partial charge in [-0.25, -0.2) is 4.79 Å². The van der Waals surface area contributed by atoms with E-state index in [4.69, 9.17) is 4.74 Å². The average molecular weight is 475 g/mol. The number of hydrogen-bond acceptors (Lipinski definition) is 3. The van der Waals surface area contributed by atoms with Gasteiger partial charge in [0.25, 0.3) is 0 Å². The average Bonchev–Trinajstić information content (AvgIpc) is 3.14. The Balaban J connectivity index is 0.00000338. The number of carbonyl (C=O) groups excluding carboxylic acids is 1. The molecule has 8 heteroatoms. The quantitative estimate of drug-likeness (QED) is 0.336. The Morgan fingerprint density at radius 3 is 2.73 bits per heavy atom. The zero-order chi connectivity index (χ0) is 18.1. The van der Waals surface area contributed by atoms with Gasteiger partial charge in [0.15, 0.2) is 5.96 Å². The van der Waals surface area contributed by atoms with Gasteiger partial charge in [-0.05, 0) is 37.5 Å². The molecule has 1 aromatic rings. The molecule has 0 aromatic heterocycles. The standard InChI is InChI=1S/C18H29N5O2.HI/c1-14(13-25-3)21-17(19-2)20-12-15-7-6-8-16(11-15)22-18(24)23-9-4-5-10-23;/h6-8,11,14H,4-5,9-10,12-13H2,1-3H3,(H,22,24)(H2,19,20,21);1H. The van der Waals surface area contributed by atoms with Gasteiger partial charge in [-0.15, -0.1) is 24.0 Å². The fourth-order valence-corrected chi connectivity index (χ4v) is 2.79. The minimum Gasteiger partial charge on any atom is -0.383 e. The Kier molecular flexibility index (Phi) is 10.3. The van der Waals surface area contributed by atoms with Gasteiger partial charge >= 0.3 is 6.03 Å². The number of anilines is 1. The summed E-state index contributed by atoms with van der Waals surface area (Å²) in [5.41, 5.74) is 1.88. The third-order valence-corrected chi connectivity index (χ3v) is 4.05. The molecule has 7 nitrogen and oxygen atoms in total. The molecular weight excluding hydrogens is 445 g/mol. The van der Waals surface area contributed by atoms with Crippen LogP contribution in [0.5, 0.6) is 0 Å². The molecule has 0 bridgehead atoms. The van der Waals surface area contributed by atoms with Crippen molar-refractivity contribution in [2.75, 3.05) is 39.2 Å². The zero-order valence-corrected chi connectivity index (χ0v) is 18.1. The molecule has 26 heavy (non-hydrogen) atoms. The van der Waals surface area contributed by atoms with Gasteiger partial charge in [-0.1, -0.05) is 12.1 Å². The van der Waals surface area contributed by atoms with Crippen LogP contribution in [-0.4, -0.2) is 56.8 Å². The molecule has 1 heterocycles. The smallest absolute Gasteiger partial charge is 0.321 e. The number of benzene rings is 1. The van der Waals surface area contributed by atoms with E-state index in [1.807, 2.05) is 36.1 Å². The number of hydrogen-bond donors (Lipinski definition) is 3. The highest BCUT2D eigenvalue weighted by molar-refractivity contribution is 14.0. The van der Waals surface area contributed by atoms with E-state index in [1.54, 1.807) is 14.2 Å². The molecule has 2 amide bonds. The van der Waals surface area contributed by atoms with Gasteiger partial charge in [0, 0.05) is 45.5 Å². The lowest BCUT2D eigenvalue weighted by Gasteiger charge is -2.18. The van der Waals surface area contributed by atoms with Gasteiger partial charge in [0.05, 0.1) is 6.61 Å². The number of amides is 2. The minimum absolute atomic E-state index is 0. The SMILES string of the molecule is CN=C(NCc1cccc(NC(=O)N2CCCC2)c1)NC(C)COC.I. The molecule has 2 rings (SSSR count). The van der Waals surface area contributed by atoms with Crippen LogP contribution < -0.4 is 16.0 Å². The maximum atomic E-state index is 12.2. The first-order valence-corrected chi connectivity index (χ1v) is 8.73. The van der Waals surface area contributed by atoms with E-state index in [0.29, 0.717) is 13.2 Å². The second-order valence-corrected chi connectivity index (χ2v) is 6.25. The Bertz CT molecular complexity index is 591. The number of likely N-dealkylation sites (tertiary alicyclic amines) is 1. The Morgan fingerprint density at radius 1 is 1.35 bits per heavy atom. The summed E-state index contributed by atoms with van der Waals surface area (Å²) >= 11 is 0. The summed E-state index contributed by atoms with van der Waals surface area (Å²) in [5.74, 6) is 0.719. The van der Waals surface area contributed by atoms with Crippen LogP contribution in [0.3, 0.4) is 0 Å². The number of nitrogens with zero attached hydrogens (tertiary/aromatic N) is 2. The van der Waals surface area contributed by atoms with Crippen LogP contribution in [-0.2, 0) is 11.3 Å². The van der Waals surface area contributed by atoms with Crippen LogP contribution in [0.1, 0.15) is 25.3 Å². The molecule has 1 aliphatic heterocycles. The van der Waals surface area contributed by atoms with E-state index in [1.165, 1.54) is 0 Å². The van der Waals surface area contributed by atoms with Crippen LogP contribution in [0.25, 0.3) is 0 Å². The topological polar surface area (TPSA) is 78.0 Å². The van der Waals surface area contributed by atoms with Crippen LogP contribution in [0.4, 0.5) is 10.5 Å². The van der Waals surface area contributed by atoms with Crippen molar-refractivity contribution in [2.24, 2.45) is 4.99 Å². The molecule has 0 radical (unpaired) electrons. The maximum Gasteiger partial charge on any atom is 0.321 e. The predicted octanol–water partition coefficient (Wildman–Crippen LogP) is 2.63. The number of rotatable bonds is 6. The fraction of sp³-hybridized carbons (Fsp3) is 0.556. The van der Waals surface area contributed by atoms with E-state index in [2.05, 4.69) is 20.9 Å². The highest BCUT2D eigenvalue weighted by Crippen LogP contribution is 2.14. The Morgan fingerprint density at radius 2 is 2.08 bits per heavy atom. The van der Waals surface area contributed by atoms with Crippen LogP contribution >= 0.6 is 24.0 Å². The van der Waals surface area contributed by atoms with E-state index in [-0.39, 0.29) is 36.0 Å². The summed E-state index contributed by atoms with van der Waals surface area (Å²) in [4.78, 5) is 18.2. The number of ether oxygens (including phenoxy) is 1. The summed E-state index contributed by atoms with van der Waals surface area (Å²) in [6.45, 7) is 4.94. The maximum absolute atomic E-state index is 12.2. The lowest BCUT2D eigenvalue weighted by molar-refractivity contribution is 0.179. The second-order valence-electron chi connectivity index (χ2n) is 6.25. The third kappa shape index (κ3) is 7.36. The highest BCUT2D eigenvalue weighted by atomic mass is 127. The summed E-state index contributed by atoms with van der Waals surface area (Å²) < 4.78 is 5.12. The van der Waals surface area contributed by atoms with Gasteiger partial charge < -0.3 is 25.6 Å². The van der Waals surface area contributed by atoms with Gasteiger partial charge in [-0.2, -0.15) is 0 Å². The second kappa shape index (κ2) is 11.9. The number of aliphatic imine (C=N–C) groups is 1. The van der Waals surface area contributed by atoms with Crippen molar-refractivity contribution in [3.05, 3.63) is 29.8 Å². The number of carbonyl (C=O) groups is 1. The van der Waals surface area contributed by atoms with Crippen molar-refractivity contribution in [2.45, 2.75) is 32.4 Å². The summed E-state index contributed by atoms with van der Waals surface area (Å²) in [7, 11) is 3.41. The van der Waals surface area contributed by atoms with Crippen molar-refractivity contribution in [1.29, 1.82) is 0 Å². The number of methoxy groups -OCH3 is 1. The van der Waals surface area contributed by atoms with Crippen molar-refractivity contribution in [1.82, 2.24) is 15.5 Å². The molecule has 0 saturated carbocycles. The number of nitrogens with one attached hydrogen (secondary N) is 3. The molecule has 0 spiro atoms. The molecule has 146 valence electrons. The first-order chi connectivity index (χ1) is 12.1. The van der Waals surface area contributed by atoms with E-state index in [0.717, 1.165) is 43.1 Å². The van der Waals surface area contributed by atoms with E-state index < -0.39 is 0 Å². The molecule has 0 aliphatic carbocycles. The molecule has 1 unspecified atom stereocenters. The van der Waals surface area contributed by atoms with Gasteiger partial charge in [0.1, 0.15) is 0 Å². The highest BCUT2D eigenvalue weighted by Gasteiger charge is 2.17. The first-order valence-electron chi connectivity index (χ1n) is 8.73. The van der Waals surface area contributed by atoms with Gasteiger partial charge in [-0.3, -0.25) is 4.99 Å². The normalized spacial score (nSPS) is 15.2. The van der Waals surface area contributed by atoms with E-state index >= 15 is 0 Å². The molecular formula is C18H30IN5O2. The lowest BCUT2D eigenvalue weighted by atomic mass is 10.2. The van der Waals surface area contributed by atoms with Gasteiger partial charge in [0.2, 0.25) is 0 Å². The van der Waals surface area contributed by atoms with Crippen LogP contribution in [0.15, 0.2) is 29.3 Å². The third-order valence-electron chi connectivity index (χ3n) is 4.05. The number of halogens is 1. The molecule has 1 saturated heterocycles. The van der Waals surface area contributed by atoms with E-state index in [9.17, 15) is 4.79 Å². The predicted molar refractivity (Wildman–Crippen MR) is 116 cm³/mol. The summed E-state index contributed by atoms with van der Waals surface area (Å²) in [6, 6.07) is 8.00. The Hall–Kier alpha value is -1.55. The molecule has 3 N–H and O–H groups in total. The molecule has 1 atom stereocenters. The van der Waals surface area contributed by atoms with Crippen molar-refractivity contribution < 1.29 is 9.53 Å². The van der Waals surface area contributed by atoms with Crippen molar-refractivity contribution >= 4 is 41.7 Å². The van der Waals surface area contributed by atoms with Crippen LogP contribution in [0.2, 0.25) is 0 Å². The molecule has 1 aliphatic rings. The summed E-state index contributed by atoms with van der Waals surface area (Å²) in [6.07, 6.45) is 2.18. The minimum atomic E-state index is -0.0199. The van der Waals surface area contributed by atoms with Crippen molar-refractivity contribution in [3.63, 3.8) is 0 Å². The largest absolute Gasteiger partial charge is 0.383 e. The fourth-order valence-electron chi connectivity index (χ4n) is 2.79.